The molecule has 0 saturated carbocycles. The molecule has 0 unspecified atom stereocenters. The van der Waals surface area contributed by atoms with Gasteiger partial charge in [0.2, 0.25) is 11.1 Å². The first-order chi connectivity index (χ1) is 9.40. The van der Waals surface area contributed by atoms with E-state index in [1.54, 1.807) is 6.92 Å². The Morgan fingerprint density at radius 3 is 2.35 bits per heavy atom. The monoisotopic (exact) mass is 272 g/mol. The fourth-order valence-corrected chi connectivity index (χ4v) is 1.96. The zero-order chi connectivity index (χ0) is 14.9. The third kappa shape index (κ3) is 2.61. The molecule has 20 heavy (non-hydrogen) atoms. The Labute approximate surface area is 116 Å². The van der Waals surface area contributed by atoms with Crippen LogP contribution < -0.4 is 5.43 Å². The van der Waals surface area contributed by atoms with E-state index in [0.29, 0.717) is 11.6 Å². The molecule has 1 heterocycles. The van der Waals surface area contributed by atoms with E-state index in [1.165, 1.54) is 16.3 Å². The Balaban J connectivity index is 2.54. The van der Waals surface area contributed by atoms with E-state index in [-0.39, 0.29) is 0 Å². The number of aromatic nitrogens is 2. The van der Waals surface area contributed by atoms with Gasteiger partial charge in [-0.05, 0) is 30.5 Å². The highest BCUT2D eigenvalue weighted by atomic mass is 16.4. The van der Waals surface area contributed by atoms with Gasteiger partial charge in [-0.15, -0.1) is 0 Å². The summed E-state index contributed by atoms with van der Waals surface area (Å²) in [5, 5.41) is 12.9. The molecular weight excluding hydrogens is 256 g/mol. The maximum atomic E-state index is 11.6. The van der Waals surface area contributed by atoms with Crippen LogP contribution in [-0.2, 0) is 0 Å². The molecule has 2 rings (SSSR count). The maximum absolute atomic E-state index is 11.6. The minimum atomic E-state index is -1.32. The molecule has 0 saturated heterocycles. The molecule has 5 nitrogen and oxygen atoms in total. The Kier molecular flexibility index (Phi) is 3.70. The van der Waals surface area contributed by atoms with E-state index < -0.39 is 17.1 Å². The molecular formula is C15H16N2O3. The van der Waals surface area contributed by atoms with Crippen LogP contribution in [0.3, 0.4) is 0 Å². The number of carbonyl (C=O) groups is 1. The van der Waals surface area contributed by atoms with Crippen LogP contribution in [0.2, 0.25) is 0 Å². The standard InChI is InChI=1S/C15H16N2O3/c1-9(2)11-4-6-12(7-5-11)17-10(3)8-13(18)14(16-17)15(19)20/h4-9H,1-3H3,(H,19,20). The predicted octanol–water partition coefficient (Wildman–Crippen LogP) is 2.36. The normalized spacial score (nSPS) is 10.8. The second-order valence-electron chi connectivity index (χ2n) is 4.96. The Morgan fingerprint density at radius 1 is 1.25 bits per heavy atom. The minimum Gasteiger partial charge on any atom is -0.476 e. The van der Waals surface area contributed by atoms with Crippen molar-refractivity contribution in [2.45, 2.75) is 26.7 Å². The van der Waals surface area contributed by atoms with Gasteiger partial charge in [0.15, 0.2) is 0 Å². The largest absolute Gasteiger partial charge is 0.476 e. The summed E-state index contributed by atoms with van der Waals surface area (Å²) >= 11 is 0. The van der Waals surface area contributed by atoms with Crippen LogP contribution in [-0.4, -0.2) is 20.9 Å². The number of carboxylic acid groups (broad SMARTS) is 1. The molecule has 0 aliphatic carbocycles. The van der Waals surface area contributed by atoms with E-state index in [0.717, 1.165) is 5.69 Å². The molecule has 0 aliphatic rings. The fourth-order valence-electron chi connectivity index (χ4n) is 1.96. The number of hydrogen-bond donors (Lipinski definition) is 1. The number of rotatable bonds is 3. The average molecular weight is 272 g/mol. The van der Waals surface area contributed by atoms with Crippen LogP contribution >= 0.6 is 0 Å². The SMILES string of the molecule is Cc1cc(=O)c(C(=O)O)nn1-c1ccc(C(C)C)cc1. The maximum Gasteiger partial charge on any atom is 0.360 e. The number of hydrogen-bond acceptors (Lipinski definition) is 3. The summed E-state index contributed by atoms with van der Waals surface area (Å²) < 4.78 is 1.47. The first kappa shape index (κ1) is 14.0. The summed E-state index contributed by atoms with van der Waals surface area (Å²) in [6.45, 7) is 5.91. The van der Waals surface area contributed by atoms with Gasteiger partial charge < -0.3 is 5.11 Å². The van der Waals surface area contributed by atoms with Crippen LogP contribution in [0.4, 0.5) is 0 Å². The third-order valence-electron chi connectivity index (χ3n) is 3.11. The lowest BCUT2D eigenvalue weighted by Gasteiger charge is -2.11. The summed E-state index contributed by atoms with van der Waals surface area (Å²) in [5.74, 6) is -0.899. The molecule has 0 fully saturated rings. The average Bonchev–Trinajstić information content (AvgIpc) is 2.38. The van der Waals surface area contributed by atoms with Crippen molar-refractivity contribution >= 4 is 5.97 Å². The first-order valence-corrected chi connectivity index (χ1v) is 6.34. The van der Waals surface area contributed by atoms with E-state index in [1.807, 2.05) is 24.3 Å². The van der Waals surface area contributed by atoms with Crippen molar-refractivity contribution in [2.24, 2.45) is 0 Å². The van der Waals surface area contributed by atoms with Crippen molar-refractivity contribution in [1.82, 2.24) is 9.78 Å². The first-order valence-electron chi connectivity index (χ1n) is 6.34. The highest BCUT2D eigenvalue weighted by molar-refractivity contribution is 5.84. The van der Waals surface area contributed by atoms with Gasteiger partial charge in [-0.25, -0.2) is 9.48 Å². The second-order valence-corrected chi connectivity index (χ2v) is 4.96. The number of aryl methyl sites for hydroxylation is 1. The molecule has 0 amide bonds. The minimum absolute atomic E-state index is 0.418. The van der Waals surface area contributed by atoms with E-state index >= 15 is 0 Å². The van der Waals surface area contributed by atoms with Gasteiger partial charge in [0.05, 0.1) is 5.69 Å². The number of nitrogens with zero attached hydrogens (tertiary/aromatic N) is 2. The topological polar surface area (TPSA) is 72.2 Å². The Morgan fingerprint density at radius 2 is 1.85 bits per heavy atom. The summed E-state index contributed by atoms with van der Waals surface area (Å²) in [5.41, 5.74) is 1.46. The molecule has 1 aromatic carbocycles. The van der Waals surface area contributed by atoms with Gasteiger partial charge in [-0.1, -0.05) is 26.0 Å². The van der Waals surface area contributed by atoms with Crippen LogP contribution in [0.25, 0.3) is 5.69 Å². The van der Waals surface area contributed by atoms with Gasteiger partial charge in [-0.3, -0.25) is 4.79 Å². The quantitative estimate of drug-likeness (QED) is 0.931. The zero-order valence-electron chi connectivity index (χ0n) is 11.6. The lowest BCUT2D eigenvalue weighted by Crippen LogP contribution is -2.22. The fraction of sp³-hybridized carbons (Fsp3) is 0.267. The molecule has 1 N–H and O–H groups in total. The van der Waals surface area contributed by atoms with Crippen LogP contribution in [0.15, 0.2) is 35.1 Å². The van der Waals surface area contributed by atoms with Crippen LogP contribution in [0.1, 0.15) is 41.5 Å². The second kappa shape index (κ2) is 5.28. The summed E-state index contributed by atoms with van der Waals surface area (Å²) in [4.78, 5) is 22.5. The molecule has 0 atom stereocenters. The number of aromatic carboxylic acids is 1. The van der Waals surface area contributed by atoms with Crippen molar-refractivity contribution in [3.8, 4) is 5.69 Å². The van der Waals surface area contributed by atoms with E-state index in [2.05, 4.69) is 18.9 Å². The molecule has 0 bridgehead atoms. The van der Waals surface area contributed by atoms with Crippen molar-refractivity contribution in [3.05, 3.63) is 57.5 Å². The molecule has 104 valence electrons. The van der Waals surface area contributed by atoms with Crippen LogP contribution in [0.5, 0.6) is 0 Å². The molecule has 5 heteroatoms. The van der Waals surface area contributed by atoms with Gasteiger partial charge in [-0.2, -0.15) is 5.10 Å². The smallest absolute Gasteiger partial charge is 0.360 e. The lowest BCUT2D eigenvalue weighted by molar-refractivity contribution is 0.0686. The Hall–Kier alpha value is -2.43. The number of carboxylic acids is 1. The summed E-state index contributed by atoms with van der Waals surface area (Å²) in [6.07, 6.45) is 0. The van der Waals surface area contributed by atoms with Gasteiger partial charge in [0.25, 0.3) is 0 Å². The lowest BCUT2D eigenvalue weighted by atomic mass is 10.0. The summed E-state index contributed by atoms with van der Waals surface area (Å²) in [6, 6.07) is 8.96. The molecule has 1 aromatic heterocycles. The van der Waals surface area contributed by atoms with Gasteiger partial charge in [0, 0.05) is 11.8 Å². The van der Waals surface area contributed by atoms with Crippen molar-refractivity contribution in [3.63, 3.8) is 0 Å². The highest BCUT2D eigenvalue weighted by Gasteiger charge is 2.13. The molecule has 0 radical (unpaired) electrons. The van der Waals surface area contributed by atoms with E-state index in [9.17, 15) is 9.59 Å². The zero-order valence-corrected chi connectivity index (χ0v) is 11.6. The van der Waals surface area contributed by atoms with Crippen molar-refractivity contribution in [1.29, 1.82) is 0 Å². The molecule has 0 spiro atoms. The summed E-state index contributed by atoms with van der Waals surface area (Å²) in [7, 11) is 0. The van der Waals surface area contributed by atoms with Crippen LogP contribution in [0, 0.1) is 6.92 Å². The third-order valence-corrected chi connectivity index (χ3v) is 3.11. The van der Waals surface area contributed by atoms with Gasteiger partial charge >= 0.3 is 5.97 Å². The van der Waals surface area contributed by atoms with E-state index in [4.69, 9.17) is 5.11 Å². The highest BCUT2D eigenvalue weighted by Crippen LogP contribution is 2.17. The Bertz CT molecular complexity index is 700. The van der Waals surface area contributed by atoms with Crippen molar-refractivity contribution < 1.29 is 9.90 Å². The molecule has 2 aromatic rings. The molecule has 0 aliphatic heterocycles. The predicted molar refractivity (Wildman–Crippen MR) is 75.6 cm³/mol. The van der Waals surface area contributed by atoms with Gasteiger partial charge in [0.1, 0.15) is 0 Å². The number of benzene rings is 1. The van der Waals surface area contributed by atoms with Crippen molar-refractivity contribution in [2.75, 3.05) is 0 Å².